The zero-order valence-electron chi connectivity index (χ0n) is 16.3. The third-order valence-corrected chi connectivity index (χ3v) is 4.78. The SMILES string of the molecule is CCCCn1c(C(=O)Nc2cc(OC)cc(OC)c2)c(C)c2ccccc21. The van der Waals surface area contributed by atoms with Gasteiger partial charge in [-0.25, -0.2) is 0 Å². The number of amides is 1. The van der Waals surface area contributed by atoms with Crippen LogP contribution in [-0.2, 0) is 6.54 Å². The summed E-state index contributed by atoms with van der Waals surface area (Å²) >= 11 is 0. The molecule has 3 rings (SSSR count). The van der Waals surface area contributed by atoms with Gasteiger partial charge < -0.3 is 19.4 Å². The standard InChI is InChI=1S/C22H26N2O3/c1-5-6-11-24-20-10-8-7-9-19(20)15(2)21(24)22(25)23-16-12-17(26-3)14-18(13-16)27-4/h7-10,12-14H,5-6,11H2,1-4H3,(H,23,25). The smallest absolute Gasteiger partial charge is 0.272 e. The summed E-state index contributed by atoms with van der Waals surface area (Å²) < 4.78 is 12.7. The molecule has 0 spiro atoms. The van der Waals surface area contributed by atoms with Crippen molar-refractivity contribution in [1.29, 1.82) is 0 Å². The highest BCUT2D eigenvalue weighted by atomic mass is 16.5. The number of anilines is 1. The minimum absolute atomic E-state index is 0.130. The number of methoxy groups -OCH3 is 2. The number of hydrogen-bond acceptors (Lipinski definition) is 3. The number of aryl methyl sites for hydroxylation is 2. The van der Waals surface area contributed by atoms with E-state index < -0.39 is 0 Å². The van der Waals surface area contributed by atoms with Crippen LogP contribution in [-0.4, -0.2) is 24.7 Å². The highest BCUT2D eigenvalue weighted by molar-refractivity contribution is 6.08. The molecule has 5 heteroatoms. The van der Waals surface area contributed by atoms with Crippen molar-refractivity contribution in [2.24, 2.45) is 0 Å². The Labute approximate surface area is 159 Å². The molecule has 1 amide bonds. The number of para-hydroxylation sites is 1. The van der Waals surface area contributed by atoms with E-state index in [1.807, 2.05) is 19.1 Å². The Morgan fingerprint density at radius 3 is 2.37 bits per heavy atom. The van der Waals surface area contributed by atoms with Crippen LogP contribution in [0.4, 0.5) is 5.69 Å². The minimum atomic E-state index is -0.130. The van der Waals surface area contributed by atoms with Crippen LogP contribution in [0.2, 0.25) is 0 Å². The molecule has 2 aromatic carbocycles. The van der Waals surface area contributed by atoms with Crippen LogP contribution in [0.15, 0.2) is 42.5 Å². The van der Waals surface area contributed by atoms with E-state index in [1.54, 1.807) is 32.4 Å². The van der Waals surface area contributed by atoms with Crippen LogP contribution in [0, 0.1) is 6.92 Å². The molecule has 5 nitrogen and oxygen atoms in total. The predicted molar refractivity (Wildman–Crippen MR) is 109 cm³/mol. The Balaban J connectivity index is 2.02. The second kappa shape index (κ2) is 8.16. The summed E-state index contributed by atoms with van der Waals surface area (Å²) in [6.07, 6.45) is 2.09. The highest BCUT2D eigenvalue weighted by Gasteiger charge is 2.20. The Hall–Kier alpha value is -2.95. The average Bonchev–Trinajstić information content (AvgIpc) is 2.98. The van der Waals surface area contributed by atoms with Crippen molar-refractivity contribution in [3.05, 3.63) is 53.7 Å². The van der Waals surface area contributed by atoms with Crippen LogP contribution < -0.4 is 14.8 Å². The number of rotatable bonds is 7. The molecule has 0 bridgehead atoms. The normalized spacial score (nSPS) is 10.8. The van der Waals surface area contributed by atoms with Crippen LogP contribution in [0.3, 0.4) is 0 Å². The minimum Gasteiger partial charge on any atom is -0.497 e. The third-order valence-electron chi connectivity index (χ3n) is 4.78. The van der Waals surface area contributed by atoms with Crippen LogP contribution in [0.5, 0.6) is 11.5 Å². The summed E-state index contributed by atoms with van der Waals surface area (Å²) in [6, 6.07) is 13.5. The Kier molecular flexibility index (Phi) is 5.69. The van der Waals surface area contributed by atoms with Crippen LogP contribution in [0.25, 0.3) is 10.9 Å². The molecule has 142 valence electrons. The fraction of sp³-hybridized carbons (Fsp3) is 0.318. The van der Waals surface area contributed by atoms with Gasteiger partial charge in [0.15, 0.2) is 0 Å². The molecule has 0 fully saturated rings. The van der Waals surface area contributed by atoms with Crippen LogP contribution in [0.1, 0.15) is 35.8 Å². The maximum absolute atomic E-state index is 13.2. The molecule has 0 atom stereocenters. The number of ether oxygens (including phenoxy) is 2. The molecule has 1 aromatic heterocycles. The van der Waals surface area contributed by atoms with Crippen molar-refractivity contribution >= 4 is 22.5 Å². The number of unbranched alkanes of at least 4 members (excludes halogenated alkanes) is 1. The molecule has 0 unspecified atom stereocenters. The predicted octanol–water partition coefficient (Wildman–Crippen LogP) is 5.02. The lowest BCUT2D eigenvalue weighted by molar-refractivity contribution is 0.101. The molecular weight excluding hydrogens is 340 g/mol. The number of fused-ring (bicyclic) bond motifs is 1. The van der Waals surface area contributed by atoms with E-state index in [1.165, 1.54) is 0 Å². The monoisotopic (exact) mass is 366 g/mol. The van der Waals surface area contributed by atoms with Gasteiger partial charge in [-0.15, -0.1) is 0 Å². The van der Waals surface area contributed by atoms with Gasteiger partial charge in [-0.05, 0) is 25.0 Å². The van der Waals surface area contributed by atoms with E-state index in [9.17, 15) is 4.79 Å². The lowest BCUT2D eigenvalue weighted by Gasteiger charge is -2.13. The molecule has 1 N–H and O–H groups in total. The first kappa shape index (κ1) is 18.8. The molecule has 0 saturated carbocycles. The van der Waals surface area contributed by atoms with Gasteiger partial charge in [-0.1, -0.05) is 31.5 Å². The second-order valence-corrected chi connectivity index (χ2v) is 6.55. The first-order valence-corrected chi connectivity index (χ1v) is 9.21. The molecule has 0 saturated heterocycles. The summed E-state index contributed by atoms with van der Waals surface area (Å²) in [6.45, 7) is 4.97. The number of carbonyl (C=O) groups excluding carboxylic acids is 1. The summed E-state index contributed by atoms with van der Waals surface area (Å²) in [5.41, 5.74) is 3.43. The van der Waals surface area contributed by atoms with Gasteiger partial charge >= 0.3 is 0 Å². The Morgan fingerprint density at radius 1 is 1.07 bits per heavy atom. The van der Waals surface area contributed by atoms with Crippen LogP contribution >= 0.6 is 0 Å². The highest BCUT2D eigenvalue weighted by Crippen LogP contribution is 2.29. The maximum atomic E-state index is 13.2. The number of hydrogen-bond donors (Lipinski definition) is 1. The van der Waals surface area contributed by atoms with Gasteiger partial charge in [-0.3, -0.25) is 4.79 Å². The van der Waals surface area contributed by atoms with Crippen molar-refractivity contribution in [2.45, 2.75) is 33.2 Å². The molecule has 27 heavy (non-hydrogen) atoms. The van der Waals surface area contributed by atoms with E-state index in [0.29, 0.717) is 22.9 Å². The van der Waals surface area contributed by atoms with Gasteiger partial charge in [0.2, 0.25) is 0 Å². The van der Waals surface area contributed by atoms with E-state index in [0.717, 1.165) is 35.9 Å². The summed E-state index contributed by atoms with van der Waals surface area (Å²) in [5, 5.41) is 4.12. The number of benzene rings is 2. The van der Waals surface area contributed by atoms with Crippen molar-refractivity contribution in [3.8, 4) is 11.5 Å². The largest absolute Gasteiger partial charge is 0.497 e. The molecular formula is C22H26N2O3. The van der Waals surface area contributed by atoms with E-state index in [4.69, 9.17) is 9.47 Å². The lowest BCUT2D eigenvalue weighted by Crippen LogP contribution is -2.18. The molecule has 0 aliphatic carbocycles. The summed E-state index contributed by atoms with van der Waals surface area (Å²) in [5.74, 6) is 1.14. The van der Waals surface area contributed by atoms with Crippen molar-refractivity contribution in [2.75, 3.05) is 19.5 Å². The summed E-state index contributed by atoms with van der Waals surface area (Å²) in [4.78, 5) is 13.2. The molecule has 3 aromatic rings. The van der Waals surface area contributed by atoms with Crippen molar-refractivity contribution in [1.82, 2.24) is 4.57 Å². The number of nitrogens with one attached hydrogen (secondary N) is 1. The zero-order valence-corrected chi connectivity index (χ0v) is 16.3. The second-order valence-electron chi connectivity index (χ2n) is 6.55. The van der Waals surface area contributed by atoms with Gasteiger partial charge in [0.05, 0.1) is 14.2 Å². The van der Waals surface area contributed by atoms with E-state index >= 15 is 0 Å². The van der Waals surface area contributed by atoms with Gasteiger partial charge in [0.25, 0.3) is 5.91 Å². The van der Waals surface area contributed by atoms with Gasteiger partial charge in [0, 0.05) is 41.3 Å². The molecule has 0 radical (unpaired) electrons. The molecule has 1 heterocycles. The van der Waals surface area contributed by atoms with Gasteiger partial charge in [0.1, 0.15) is 17.2 Å². The molecule has 0 aliphatic heterocycles. The topological polar surface area (TPSA) is 52.5 Å². The third kappa shape index (κ3) is 3.77. The first-order valence-electron chi connectivity index (χ1n) is 9.21. The maximum Gasteiger partial charge on any atom is 0.272 e. The van der Waals surface area contributed by atoms with E-state index in [2.05, 4.69) is 28.9 Å². The summed E-state index contributed by atoms with van der Waals surface area (Å²) in [7, 11) is 3.18. The Morgan fingerprint density at radius 2 is 1.74 bits per heavy atom. The lowest BCUT2D eigenvalue weighted by atomic mass is 10.1. The number of carbonyl (C=O) groups is 1. The van der Waals surface area contributed by atoms with Gasteiger partial charge in [-0.2, -0.15) is 0 Å². The quantitative estimate of drug-likeness (QED) is 0.639. The fourth-order valence-corrected chi connectivity index (χ4v) is 3.39. The molecule has 0 aliphatic rings. The van der Waals surface area contributed by atoms with E-state index in [-0.39, 0.29) is 5.91 Å². The fourth-order valence-electron chi connectivity index (χ4n) is 3.39. The van der Waals surface area contributed by atoms with Crippen molar-refractivity contribution < 1.29 is 14.3 Å². The average molecular weight is 366 g/mol. The van der Waals surface area contributed by atoms with Crippen molar-refractivity contribution in [3.63, 3.8) is 0 Å². The Bertz CT molecular complexity index is 937. The first-order chi connectivity index (χ1) is 13.1. The zero-order chi connectivity index (χ0) is 19.4. The number of aromatic nitrogens is 1. The number of nitrogens with zero attached hydrogens (tertiary/aromatic N) is 1.